The Morgan fingerprint density at radius 1 is 1.22 bits per heavy atom. The minimum Gasteiger partial charge on any atom is -0.493 e. The lowest BCUT2D eigenvalue weighted by Gasteiger charge is -2.06. The fourth-order valence-electron chi connectivity index (χ4n) is 3.78. The van der Waals surface area contributed by atoms with Crippen LogP contribution in [0.15, 0.2) is 76.8 Å². The molecular weight excluding hydrogens is 494 g/mol. The lowest BCUT2D eigenvalue weighted by Crippen LogP contribution is -2.14. The molecule has 0 saturated carbocycles. The quantitative estimate of drug-likeness (QED) is 0.188. The van der Waals surface area contributed by atoms with E-state index in [1.807, 2.05) is 66.1 Å². The molecule has 0 aliphatic rings. The van der Waals surface area contributed by atoms with Crippen molar-refractivity contribution in [3.05, 3.63) is 72.1 Å². The standard InChI is InChI=1S/C26H23N5O3S2/c1-4-13-31-24(20-14-18-11-8-12-19(33-3)23(18)34-20)29-30-26(31)35-15-21(32)27-25-28-22(16(2)36-25)17-9-6-5-7-10-17/h4-12,14H,1,13,15H2,2-3H3,(H,27,28,32). The van der Waals surface area contributed by atoms with Crippen molar-refractivity contribution in [1.29, 1.82) is 0 Å². The largest absolute Gasteiger partial charge is 0.493 e. The van der Waals surface area contributed by atoms with Crippen molar-refractivity contribution in [1.82, 2.24) is 19.7 Å². The van der Waals surface area contributed by atoms with Gasteiger partial charge in [0.25, 0.3) is 0 Å². The van der Waals surface area contributed by atoms with Crippen molar-refractivity contribution in [3.63, 3.8) is 0 Å². The number of anilines is 1. The second-order valence-corrected chi connectivity index (χ2v) is 9.97. The third-order valence-electron chi connectivity index (χ3n) is 5.40. The summed E-state index contributed by atoms with van der Waals surface area (Å²) >= 11 is 2.75. The Labute approximate surface area is 216 Å². The molecule has 0 aliphatic carbocycles. The molecule has 5 aromatic rings. The maximum Gasteiger partial charge on any atom is 0.236 e. The van der Waals surface area contributed by atoms with Crippen LogP contribution < -0.4 is 10.1 Å². The van der Waals surface area contributed by atoms with Crippen LogP contribution in [-0.2, 0) is 11.3 Å². The number of carbonyl (C=O) groups is 1. The molecule has 0 saturated heterocycles. The van der Waals surface area contributed by atoms with Crippen molar-refractivity contribution in [3.8, 4) is 28.6 Å². The molecule has 0 bridgehead atoms. The second-order valence-electron chi connectivity index (χ2n) is 7.82. The predicted octanol–water partition coefficient (Wildman–Crippen LogP) is 6.05. The fraction of sp³-hybridized carbons (Fsp3) is 0.154. The number of amides is 1. The summed E-state index contributed by atoms with van der Waals surface area (Å²) in [5, 5.41) is 13.6. The van der Waals surface area contributed by atoms with Crippen LogP contribution >= 0.6 is 23.1 Å². The number of rotatable bonds is 9. The lowest BCUT2D eigenvalue weighted by molar-refractivity contribution is -0.113. The molecule has 1 N–H and O–H groups in total. The van der Waals surface area contributed by atoms with Gasteiger partial charge in [-0.15, -0.1) is 28.1 Å². The zero-order valence-electron chi connectivity index (χ0n) is 19.7. The number of hydrogen-bond donors (Lipinski definition) is 1. The van der Waals surface area contributed by atoms with Gasteiger partial charge in [0.2, 0.25) is 11.7 Å². The van der Waals surface area contributed by atoms with E-state index in [9.17, 15) is 4.79 Å². The van der Waals surface area contributed by atoms with Gasteiger partial charge in [0.05, 0.1) is 18.6 Å². The Morgan fingerprint density at radius 3 is 2.83 bits per heavy atom. The average Bonchev–Trinajstić information content (AvgIpc) is 3.59. The number of methoxy groups -OCH3 is 1. The molecule has 2 aromatic carbocycles. The summed E-state index contributed by atoms with van der Waals surface area (Å²) < 4.78 is 13.3. The second kappa shape index (κ2) is 10.4. The number of nitrogens with zero attached hydrogens (tertiary/aromatic N) is 4. The monoisotopic (exact) mass is 517 g/mol. The number of thioether (sulfide) groups is 1. The van der Waals surface area contributed by atoms with E-state index in [0.29, 0.717) is 39.7 Å². The molecule has 1 amide bonds. The van der Waals surface area contributed by atoms with Crippen LogP contribution in [0.2, 0.25) is 0 Å². The van der Waals surface area contributed by atoms with E-state index in [1.54, 1.807) is 13.2 Å². The van der Waals surface area contributed by atoms with Gasteiger partial charge in [-0.25, -0.2) is 4.98 Å². The SMILES string of the molecule is C=CCn1c(SCC(=O)Nc2nc(-c3ccccc3)c(C)s2)nnc1-c1cc2cccc(OC)c2o1. The molecule has 5 rings (SSSR count). The fourth-order valence-corrected chi connectivity index (χ4v) is 5.38. The first-order valence-corrected chi connectivity index (χ1v) is 12.9. The van der Waals surface area contributed by atoms with Crippen LogP contribution in [0, 0.1) is 6.92 Å². The minimum absolute atomic E-state index is 0.155. The van der Waals surface area contributed by atoms with Crippen LogP contribution in [0.25, 0.3) is 33.8 Å². The van der Waals surface area contributed by atoms with Crippen molar-refractivity contribution in [2.24, 2.45) is 0 Å². The highest BCUT2D eigenvalue weighted by molar-refractivity contribution is 7.99. The number of benzene rings is 2. The molecule has 3 aromatic heterocycles. The third-order valence-corrected chi connectivity index (χ3v) is 7.25. The third kappa shape index (κ3) is 4.77. The average molecular weight is 518 g/mol. The van der Waals surface area contributed by atoms with Crippen molar-refractivity contribution in [2.45, 2.75) is 18.6 Å². The van der Waals surface area contributed by atoms with Gasteiger partial charge in [-0.3, -0.25) is 9.36 Å². The van der Waals surface area contributed by atoms with Gasteiger partial charge in [0.1, 0.15) is 0 Å². The highest BCUT2D eigenvalue weighted by Crippen LogP contribution is 2.34. The van der Waals surface area contributed by atoms with Gasteiger partial charge in [-0.1, -0.05) is 60.3 Å². The molecule has 0 atom stereocenters. The normalized spacial score (nSPS) is 11.1. The van der Waals surface area contributed by atoms with Gasteiger partial charge in [-0.2, -0.15) is 0 Å². The summed E-state index contributed by atoms with van der Waals surface area (Å²) in [6.07, 6.45) is 1.75. The van der Waals surface area contributed by atoms with Gasteiger partial charge in [0, 0.05) is 22.4 Å². The van der Waals surface area contributed by atoms with E-state index in [0.717, 1.165) is 21.5 Å². The van der Waals surface area contributed by atoms with Crippen LogP contribution in [0.1, 0.15) is 4.88 Å². The summed E-state index contributed by atoms with van der Waals surface area (Å²) in [6, 6.07) is 17.5. The van der Waals surface area contributed by atoms with Gasteiger partial charge in [0.15, 0.2) is 27.4 Å². The minimum atomic E-state index is -0.170. The molecule has 36 heavy (non-hydrogen) atoms. The molecule has 0 aliphatic heterocycles. The number of nitrogens with one attached hydrogen (secondary N) is 1. The molecule has 182 valence electrons. The number of fused-ring (bicyclic) bond motifs is 1. The van der Waals surface area contributed by atoms with Gasteiger partial charge < -0.3 is 14.5 Å². The van der Waals surface area contributed by atoms with Crippen molar-refractivity contribution < 1.29 is 13.9 Å². The number of furan rings is 1. The van der Waals surface area contributed by atoms with Crippen molar-refractivity contribution in [2.75, 3.05) is 18.2 Å². The molecule has 10 heteroatoms. The van der Waals surface area contributed by atoms with Crippen LogP contribution in [-0.4, -0.2) is 38.5 Å². The van der Waals surface area contributed by atoms with Crippen molar-refractivity contribution >= 4 is 45.1 Å². The first-order valence-electron chi connectivity index (χ1n) is 11.1. The maximum absolute atomic E-state index is 12.7. The topological polar surface area (TPSA) is 95.1 Å². The van der Waals surface area contributed by atoms with E-state index < -0.39 is 0 Å². The number of allylic oxidation sites excluding steroid dienone is 1. The van der Waals surface area contributed by atoms with Crippen LogP contribution in [0.4, 0.5) is 5.13 Å². The zero-order valence-corrected chi connectivity index (χ0v) is 21.4. The highest BCUT2D eigenvalue weighted by Gasteiger charge is 2.20. The van der Waals surface area contributed by atoms with Gasteiger partial charge in [-0.05, 0) is 19.1 Å². The highest BCUT2D eigenvalue weighted by atomic mass is 32.2. The number of thiazole rings is 1. The Balaban J connectivity index is 1.31. The van der Waals surface area contributed by atoms with E-state index in [1.165, 1.54) is 23.1 Å². The molecular formula is C26H23N5O3S2. The number of hydrogen-bond acceptors (Lipinski definition) is 8. The Kier molecular flexibility index (Phi) is 6.88. The number of aryl methyl sites for hydroxylation is 1. The molecule has 3 heterocycles. The Morgan fingerprint density at radius 2 is 2.06 bits per heavy atom. The lowest BCUT2D eigenvalue weighted by atomic mass is 10.1. The summed E-state index contributed by atoms with van der Waals surface area (Å²) in [4.78, 5) is 18.4. The smallest absolute Gasteiger partial charge is 0.236 e. The Bertz CT molecular complexity index is 1540. The summed E-state index contributed by atoms with van der Waals surface area (Å²) in [5.41, 5.74) is 2.54. The van der Waals surface area contributed by atoms with Crippen LogP contribution in [0.5, 0.6) is 5.75 Å². The van der Waals surface area contributed by atoms with Crippen LogP contribution in [0.3, 0.4) is 0 Å². The number of para-hydroxylation sites is 1. The molecule has 0 spiro atoms. The molecule has 8 nitrogen and oxygen atoms in total. The number of carbonyl (C=O) groups excluding carboxylic acids is 1. The van der Waals surface area contributed by atoms with E-state index >= 15 is 0 Å². The molecule has 0 radical (unpaired) electrons. The zero-order chi connectivity index (χ0) is 25.1. The maximum atomic E-state index is 12.7. The molecule has 0 unspecified atom stereocenters. The number of aromatic nitrogens is 4. The predicted molar refractivity (Wildman–Crippen MR) is 144 cm³/mol. The Hall–Kier alpha value is -3.89. The van der Waals surface area contributed by atoms with E-state index in [-0.39, 0.29) is 11.7 Å². The van der Waals surface area contributed by atoms with E-state index in [4.69, 9.17) is 9.15 Å². The first-order chi connectivity index (χ1) is 17.6. The number of ether oxygens (including phenoxy) is 1. The first kappa shape index (κ1) is 23.8. The van der Waals surface area contributed by atoms with Gasteiger partial charge >= 0.3 is 0 Å². The molecule has 0 fully saturated rings. The summed E-state index contributed by atoms with van der Waals surface area (Å²) in [6.45, 7) is 6.31. The summed E-state index contributed by atoms with van der Waals surface area (Å²) in [7, 11) is 1.60. The summed E-state index contributed by atoms with van der Waals surface area (Å²) in [5.74, 6) is 1.75. The van der Waals surface area contributed by atoms with E-state index in [2.05, 4.69) is 27.1 Å².